The van der Waals surface area contributed by atoms with Crippen molar-refractivity contribution in [2.75, 3.05) is 59.8 Å². The number of pyridine rings is 1. The van der Waals surface area contributed by atoms with E-state index in [1.54, 1.807) is 7.11 Å². The predicted molar refractivity (Wildman–Crippen MR) is 155 cm³/mol. The van der Waals surface area contributed by atoms with Crippen LogP contribution in [0.3, 0.4) is 0 Å². The number of nitrogens with one attached hydrogen (secondary N) is 1. The number of fused-ring (bicyclic) bond motifs is 1. The standard InChI is InChI=1S/C32H34N4O5/c1-37-30-5-2-22(18-31(30)40-15-10-36-8-13-39-14-9-36)25-17-27-28(21-35-32(27)34-20-25)23-3-4-29(24(16-23)19-33)41-26-6-11-38-12-7-26/h2-5,16-18,20-21,26H,6-15H2,1H3,(H,34,35). The van der Waals surface area contributed by atoms with Gasteiger partial charge in [0.05, 0.1) is 39.1 Å². The maximum Gasteiger partial charge on any atom is 0.161 e. The van der Waals surface area contributed by atoms with Gasteiger partial charge in [-0.05, 0) is 41.5 Å². The third-order valence-electron chi connectivity index (χ3n) is 7.67. The summed E-state index contributed by atoms with van der Waals surface area (Å²) in [4.78, 5) is 10.3. The number of rotatable bonds is 9. The number of hydrogen-bond acceptors (Lipinski definition) is 8. The predicted octanol–water partition coefficient (Wildman–Crippen LogP) is 5.05. The summed E-state index contributed by atoms with van der Waals surface area (Å²) in [6.45, 7) is 6.15. The van der Waals surface area contributed by atoms with Gasteiger partial charge in [-0.15, -0.1) is 0 Å². The second-order valence-electron chi connectivity index (χ2n) is 10.2. The maximum atomic E-state index is 9.88. The van der Waals surface area contributed by atoms with Gasteiger partial charge in [-0.1, -0.05) is 12.1 Å². The molecule has 1 N–H and O–H groups in total. The van der Waals surface area contributed by atoms with Gasteiger partial charge in [0, 0.05) is 61.4 Å². The third kappa shape index (κ3) is 6.15. The van der Waals surface area contributed by atoms with Gasteiger partial charge < -0.3 is 28.7 Å². The van der Waals surface area contributed by atoms with Gasteiger partial charge in [-0.25, -0.2) is 4.98 Å². The van der Waals surface area contributed by atoms with Crippen molar-refractivity contribution in [3.63, 3.8) is 0 Å². The van der Waals surface area contributed by atoms with E-state index in [1.165, 1.54) is 0 Å². The molecule has 2 aliphatic rings. The normalized spacial score (nSPS) is 16.4. The minimum absolute atomic E-state index is 0.0688. The maximum absolute atomic E-state index is 9.88. The lowest BCUT2D eigenvalue weighted by Crippen LogP contribution is -2.38. The quantitative estimate of drug-likeness (QED) is 0.307. The van der Waals surface area contributed by atoms with Crippen LogP contribution in [0.2, 0.25) is 0 Å². The van der Waals surface area contributed by atoms with Gasteiger partial charge in [0.25, 0.3) is 0 Å². The summed E-state index contributed by atoms with van der Waals surface area (Å²) in [6, 6.07) is 16.1. The van der Waals surface area contributed by atoms with Crippen LogP contribution < -0.4 is 14.2 Å². The van der Waals surface area contributed by atoms with E-state index in [9.17, 15) is 5.26 Å². The number of ether oxygens (including phenoxy) is 5. The second kappa shape index (κ2) is 12.6. The molecule has 0 saturated carbocycles. The lowest BCUT2D eigenvalue weighted by atomic mass is 10.0. The lowest BCUT2D eigenvalue weighted by Gasteiger charge is -2.26. The van der Waals surface area contributed by atoms with Crippen molar-refractivity contribution in [1.82, 2.24) is 14.9 Å². The number of nitriles is 1. The summed E-state index contributed by atoms with van der Waals surface area (Å²) in [5.74, 6) is 2.01. The van der Waals surface area contributed by atoms with Crippen molar-refractivity contribution in [3.8, 4) is 45.6 Å². The Hall–Kier alpha value is -4.10. The van der Waals surface area contributed by atoms with Crippen LogP contribution in [0.25, 0.3) is 33.3 Å². The van der Waals surface area contributed by atoms with Crippen LogP contribution in [0.1, 0.15) is 18.4 Å². The first-order chi connectivity index (χ1) is 20.2. The molecule has 41 heavy (non-hydrogen) atoms. The zero-order chi connectivity index (χ0) is 28.0. The fourth-order valence-electron chi connectivity index (χ4n) is 5.34. The molecule has 0 radical (unpaired) electrons. The van der Waals surface area contributed by atoms with E-state index < -0.39 is 0 Å². The van der Waals surface area contributed by atoms with E-state index in [1.807, 2.05) is 48.8 Å². The summed E-state index contributed by atoms with van der Waals surface area (Å²) in [7, 11) is 1.65. The van der Waals surface area contributed by atoms with Gasteiger partial charge in [-0.3, -0.25) is 4.90 Å². The van der Waals surface area contributed by atoms with Crippen molar-refractivity contribution >= 4 is 11.0 Å². The highest BCUT2D eigenvalue weighted by atomic mass is 16.5. The number of morpholine rings is 1. The zero-order valence-corrected chi connectivity index (χ0v) is 23.2. The highest BCUT2D eigenvalue weighted by Crippen LogP contribution is 2.36. The number of aromatic nitrogens is 2. The molecular formula is C32H34N4O5. The third-order valence-corrected chi connectivity index (χ3v) is 7.67. The molecule has 0 aliphatic carbocycles. The summed E-state index contributed by atoms with van der Waals surface area (Å²) in [5, 5.41) is 10.8. The SMILES string of the molecule is COc1ccc(-c2cnc3[nH]cc(-c4ccc(OC5CCOCC5)c(C#N)c4)c3c2)cc1OCCN1CCOCC1. The highest BCUT2D eigenvalue weighted by molar-refractivity contribution is 5.96. The molecule has 0 bridgehead atoms. The van der Waals surface area contributed by atoms with Crippen LogP contribution in [0.15, 0.2) is 54.9 Å². The van der Waals surface area contributed by atoms with Gasteiger partial charge in [0.15, 0.2) is 11.5 Å². The van der Waals surface area contributed by atoms with Crippen LogP contribution in [0, 0.1) is 11.3 Å². The molecule has 212 valence electrons. The molecule has 0 unspecified atom stereocenters. The average molecular weight is 555 g/mol. The molecule has 2 saturated heterocycles. The smallest absolute Gasteiger partial charge is 0.161 e. The number of H-pyrrole nitrogens is 1. The largest absolute Gasteiger partial charge is 0.493 e. The highest BCUT2D eigenvalue weighted by Gasteiger charge is 2.19. The van der Waals surface area contributed by atoms with Gasteiger partial charge in [0.2, 0.25) is 0 Å². The Morgan fingerprint density at radius 3 is 2.54 bits per heavy atom. The van der Waals surface area contributed by atoms with Crippen molar-refractivity contribution in [2.45, 2.75) is 18.9 Å². The molecule has 4 aromatic rings. The molecule has 2 aromatic heterocycles. The van der Waals surface area contributed by atoms with E-state index in [4.69, 9.17) is 23.7 Å². The Kier molecular flexibility index (Phi) is 8.33. The van der Waals surface area contributed by atoms with Gasteiger partial charge in [0.1, 0.15) is 30.2 Å². The van der Waals surface area contributed by atoms with E-state index in [0.717, 1.165) is 79.0 Å². The van der Waals surface area contributed by atoms with Crippen molar-refractivity contribution in [3.05, 3.63) is 60.4 Å². The Bertz CT molecular complexity index is 1530. The number of benzene rings is 2. The molecule has 9 nitrogen and oxygen atoms in total. The molecular weight excluding hydrogens is 520 g/mol. The van der Waals surface area contributed by atoms with Crippen molar-refractivity contribution in [1.29, 1.82) is 5.26 Å². The molecule has 0 amide bonds. The number of nitrogens with zero attached hydrogens (tertiary/aromatic N) is 3. The molecule has 2 aromatic carbocycles. The number of methoxy groups -OCH3 is 1. The van der Waals surface area contributed by atoms with E-state index in [2.05, 4.69) is 27.0 Å². The molecule has 2 fully saturated rings. The first-order valence-corrected chi connectivity index (χ1v) is 14.1. The van der Waals surface area contributed by atoms with E-state index in [0.29, 0.717) is 42.6 Å². The van der Waals surface area contributed by atoms with Crippen LogP contribution in [-0.2, 0) is 9.47 Å². The van der Waals surface area contributed by atoms with Gasteiger partial charge >= 0.3 is 0 Å². The molecule has 4 heterocycles. The second-order valence-corrected chi connectivity index (χ2v) is 10.2. The van der Waals surface area contributed by atoms with Crippen LogP contribution in [-0.4, -0.2) is 80.8 Å². The molecule has 0 spiro atoms. The molecule has 9 heteroatoms. The number of aromatic amines is 1. The Morgan fingerprint density at radius 1 is 0.951 bits per heavy atom. The van der Waals surface area contributed by atoms with E-state index >= 15 is 0 Å². The number of hydrogen-bond donors (Lipinski definition) is 1. The lowest BCUT2D eigenvalue weighted by molar-refractivity contribution is 0.0254. The van der Waals surface area contributed by atoms with E-state index in [-0.39, 0.29) is 6.10 Å². The first-order valence-electron chi connectivity index (χ1n) is 14.1. The monoisotopic (exact) mass is 554 g/mol. The molecule has 6 rings (SSSR count). The Labute approximate surface area is 239 Å². The zero-order valence-electron chi connectivity index (χ0n) is 23.2. The van der Waals surface area contributed by atoms with Crippen molar-refractivity contribution in [2.24, 2.45) is 0 Å². The van der Waals surface area contributed by atoms with Crippen LogP contribution in [0.5, 0.6) is 17.2 Å². The van der Waals surface area contributed by atoms with Crippen LogP contribution in [0.4, 0.5) is 0 Å². The summed E-state index contributed by atoms with van der Waals surface area (Å²) in [6.07, 6.45) is 5.52. The Balaban J connectivity index is 1.24. The fraction of sp³-hybridized carbons (Fsp3) is 0.375. The summed E-state index contributed by atoms with van der Waals surface area (Å²) < 4.78 is 28.8. The fourth-order valence-corrected chi connectivity index (χ4v) is 5.34. The van der Waals surface area contributed by atoms with Crippen LogP contribution >= 0.6 is 0 Å². The first kappa shape index (κ1) is 27.1. The topological polar surface area (TPSA) is 102 Å². The molecule has 0 atom stereocenters. The molecule has 2 aliphatic heterocycles. The minimum atomic E-state index is 0.0688. The minimum Gasteiger partial charge on any atom is -0.493 e. The summed E-state index contributed by atoms with van der Waals surface area (Å²) >= 11 is 0. The van der Waals surface area contributed by atoms with Crippen molar-refractivity contribution < 1.29 is 23.7 Å². The Morgan fingerprint density at radius 2 is 1.73 bits per heavy atom. The average Bonchev–Trinajstić information content (AvgIpc) is 3.46. The summed E-state index contributed by atoms with van der Waals surface area (Å²) in [5.41, 5.74) is 5.12. The van der Waals surface area contributed by atoms with Gasteiger partial charge in [-0.2, -0.15) is 5.26 Å².